The highest BCUT2D eigenvalue weighted by atomic mass is 35.5. The summed E-state index contributed by atoms with van der Waals surface area (Å²) >= 11 is 5.89. The molecule has 1 aromatic heterocycles. The van der Waals surface area contributed by atoms with Gasteiger partial charge in [0.1, 0.15) is 23.6 Å². The number of alkyl halides is 1. The Labute approximate surface area is 201 Å². The summed E-state index contributed by atoms with van der Waals surface area (Å²) in [6, 6.07) is 1.97. The average molecular weight is 497 g/mol. The Morgan fingerprint density at radius 3 is 2.68 bits per heavy atom. The fraction of sp³-hybridized carbons (Fsp3) is 0.522. The third-order valence-electron chi connectivity index (χ3n) is 7.12. The van der Waals surface area contributed by atoms with Gasteiger partial charge in [-0.1, -0.05) is 11.6 Å². The van der Waals surface area contributed by atoms with Crippen molar-refractivity contribution in [2.45, 2.75) is 56.4 Å². The van der Waals surface area contributed by atoms with Crippen molar-refractivity contribution >= 4 is 23.5 Å². The average Bonchev–Trinajstić information content (AvgIpc) is 3.03. The molecule has 1 N–H and O–H groups in total. The minimum atomic E-state index is -1.41. The van der Waals surface area contributed by atoms with Crippen LogP contribution in [0.25, 0.3) is 11.3 Å². The fourth-order valence-corrected chi connectivity index (χ4v) is 5.50. The number of halogens is 3. The number of fused-ring (bicyclic) bond motifs is 2. The lowest BCUT2D eigenvalue weighted by molar-refractivity contribution is -0.0380. The molecule has 2 aliphatic heterocycles. The number of hydrogen-bond donors (Lipinski definition) is 1. The molecule has 1 aromatic carbocycles. The minimum absolute atomic E-state index is 0.0618. The number of nitrogens with zero attached hydrogens (tertiary/aromatic N) is 4. The van der Waals surface area contributed by atoms with Crippen LogP contribution in [-0.4, -0.2) is 70.3 Å². The quantitative estimate of drug-likeness (QED) is 0.577. The lowest BCUT2D eigenvalue weighted by Crippen LogP contribution is -2.68. The van der Waals surface area contributed by atoms with Crippen molar-refractivity contribution in [2.24, 2.45) is 0 Å². The number of piperidine rings is 1. The first-order valence-corrected chi connectivity index (χ1v) is 11.2. The van der Waals surface area contributed by atoms with Crippen molar-refractivity contribution in [2.75, 3.05) is 25.9 Å². The van der Waals surface area contributed by atoms with Crippen LogP contribution in [0.1, 0.15) is 33.1 Å². The molecule has 4 atom stereocenters. The van der Waals surface area contributed by atoms with E-state index in [1.165, 1.54) is 36.5 Å². The highest BCUT2D eigenvalue weighted by Crippen LogP contribution is 2.52. The van der Waals surface area contributed by atoms with E-state index in [0.717, 1.165) is 0 Å². The van der Waals surface area contributed by atoms with Crippen LogP contribution >= 0.6 is 11.6 Å². The maximum atomic E-state index is 15.8. The van der Waals surface area contributed by atoms with Crippen molar-refractivity contribution < 1.29 is 28.2 Å². The molecule has 2 aromatic rings. The van der Waals surface area contributed by atoms with E-state index in [0.29, 0.717) is 36.3 Å². The zero-order valence-corrected chi connectivity index (χ0v) is 20.1. The van der Waals surface area contributed by atoms with Gasteiger partial charge in [-0.3, -0.25) is 9.88 Å². The van der Waals surface area contributed by atoms with Crippen molar-refractivity contribution in [3.05, 3.63) is 35.4 Å². The molecule has 2 saturated heterocycles. The zero-order chi connectivity index (χ0) is 24.8. The summed E-state index contributed by atoms with van der Waals surface area (Å²) in [6.45, 7) is 3.47. The maximum Gasteiger partial charge on any atom is 0.408 e. The molecule has 0 saturated carbocycles. The third-order valence-corrected chi connectivity index (χ3v) is 7.41. The second-order valence-corrected chi connectivity index (χ2v) is 9.74. The summed E-state index contributed by atoms with van der Waals surface area (Å²) in [5.74, 6) is 0.0679. The molecule has 8 nitrogen and oxygen atoms in total. The second kappa shape index (κ2) is 8.81. The summed E-state index contributed by atoms with van der Waals surface area (Å²) < 4.78 is 40.3. The SMILES string of the molecule is COCOc1cc(Cl)c(F)cc1-c1cnc(N(C)C2C[C@@]3(C)CC[C@@](C)([C@@H]2F)N3C(=O)O)cn1. The van der Waals surface area contributed by atoms with Crippen LogP contribution in [0, 0.1) is 5.82 Å². The molecular formula is C23H27ClF2N4O4. The van der Waals surface area contributed by atoms with Gasteiger partial charge in [-0.25, -0.2) is 18.6 Å². The molecule has 34 heavy (non-hydrogen) atoms. The van der Waals surface area contributed by atoms with Crippen LogP contribution in [0.4, 0.5) is 19.4 Å². The van der Waals surface area contributed by atoms with Gasteiger partial charge in [-0.05, 0) is 39.2 Å². The number of carbonyl (C=O) groups is 1. The van der Waals surface area contributed by atoms with Gasteiger partial charge in [0.05, 0.1) is 34.7 Å². The third kappa shape index (κ3) is 3.92. The molecule has 1 amide bonds. The normalized spacial score (nSPS) is 28.1. The molecule has 11 heteroatoms. The van der Waals surface area contributed by atoms with Crippen molar-refractivity contribution in [1.29, 1.82) is 0 Å². The smallest absolute Gasteiger partial charge is 0.408 e. The number of amides is 1. The zero-order valence-electron chi connectivity index (χ0n) is 19.4. The Hall–Kier alpha value is -2.72. The predicted molar refractivity (Wildman–Crippen MR) is 123 cm³/mol. The largest absolute Gasteiger partial charge is 0.467 e. The van der Waals surface area contributed by atoms with E-state index in [-0.39, 0.29) is 17.6 Å². The van der Waals surface area contributed by atoms with E-state index >= 15 is 4.39 Å². The second-order valence-electron chi connectivity index (χ2n) is 9.33. The first-order chi connectivity index (χ1) is 16.0. The van der Waals surface area contributed by atoms with Gasteiger partial charge >= 0.3 is 6.09 Å². The molecule has 0 spiro atoms. The summed E-state index contributed by atoms with van der Waals surface area (Å²) in [7, 11) is 3.18. The first-order valence-electron chi connectivity index (χ1n) is 10.9. The monoisotopic (exact) mass is 496 g/mol. The van der Waals surface area contributed by atoms with Crippen LogP contribution < -0.4 is 9.64 Å². The molecular weight excluding hydrogens is 470 g/mol. The van der Waals surface area contributed by atoms with Gasteiger partial charge in [0.25, 0.3) is 0 Å². The molecule has 0 radical (unpaired) electrons. The Balaban J connectivity index is 1.61. The van der Waals surface area contributed by atoms with E-state index in [4.69, 9.17) is 21.1 Å². The number of methoxy groups -OCH3 is 1. The topological polar surface area (TPSA) is 88.0 Å². The Bertz CT molecular complexity index is 1090. The minimum Gasteiger partial charge on any atom is -0.467 e. The molecule has 0 aliphatic carbocycles. The summed E-state index contributed by atoms with van der Waals surface area (Å²) in [6.07, 6.45) is 1.79. The summed E-state index contributed by atoms with van der Waals surface area (Å²) in [4.78, 5) is 23.7. The number of rotatable bonds is 6. The molecule has 2 fully saturated rings. The highest BCUT2D eigenvalue weighted by molar-refractivity contribution is 6.31. The summed E-state index contributed by atoms with van der Waals surface area (Å²) in [5, 5.41) is 9.63. The predicted octanol–water partition coefficient (Wildman–Crippen LogP) is 4.76. The van der Waals surface area contributed by atoms with Crippen molar-refractivity contribution in [3.63, 3.8) is 0 Å². The van der Waals surface area contributed by atoms with E-state index < -0.39 is 35.2 Å². The Morgan fingerprint density at radius 1 is 1.32 bits per heavy atom. The van der Waals surface area contributed by atoms with Gasteiger partial charge in [0.15, 0.2) is 6.79 Å². The van der Waals surface area contributed by atoms with E-state index in [1.54, 1.807) is 18.9 Å². The molecule has 4 rings (SSSR count). The first kappa shape index (κ1) is 24.4. The number of carboxylic acid groups (broad SMARTS) is 1. The Kier molecular flexibility index (Phi) is 6.32. The van der Waals surface area contributed by atoms with Crippen LogP contribution in [0.15, 0.2) is 24.5 Å². The van der Waals surface area contributed by atoms with Crippen molar-refractivity contribution in [3.8, 4) is 17.0 Å². The number of ether oxygens (including phenoxy) is 2. The number of hydrogen-bond acceptors (Lipinski definition) is 6. The number of anilines is 1. The maximum absolute atomic E-state index is 15.8. The van der Waals surface area contributed by atoms with Crippen LogP contribution in [0.2, 0.25) is 5.02 Å². The molecule has 1 unspecified atom stereocenters. The van der Waals surface area contributed by atoms with Gasteiger partial charge in [-0.2, -0.15) is 0 Å². The van der Waals surface area contributed by atoms with Gasteiger partial charge in [0.2, 0.25) is 0 Å². The molecule has 2 aliphatic rings. The lowest BCUT2D eigenvalue weighted by atomic mass is 9.80. The van der Waals surface area contributed by atoms with Crippen LogP contribution in [0.3, 0.4) is 0 Å². The lowest BCUT2D eigenvalue weighted by Gasteiger charge is -2.53. The molecule has 2 bridgehead atoms. The van der Waals surface area contributed by atoms with Gasteiger partial charge in [0, 0.05) is 31.3 Å². The number of benzene rings is 1. The molecule has 3 heterocycles. The Morgan fingerprint density at radius 2 is 2.06 bits per heavy atom. The van der Waals surface area contributed by atoms with E-state index in [9.17, 15) is 14.3 Å². The fourth-order valence-electron chi connectivity index (χ4n) is 5.35. The van der Waals surface area contributed by atoms with E-state index in [2.05, 4.69) is 9.97 Å². The summed E-state index contributed by atoms with van der Waals surface area (Å²) in [5.41, 5.74) is -1.09. The standard InChI is InChI=1S/C23H27ClF2N4O4/c1-22-5-6-23(2,30(22)21(31)32)20(26)17(9-22)29(3)19-11-27-16(10-28-19)13-7-15(25)14(24)8-18(13)34-12-33-4/h7-8,10-11,17,20H,5-6,9,12H2,1-4H3,(H,31,32)/t17?,20-,22-,23+/m1/s1. The van der Waals surface area contributed by atoms with Crippen LogP contribution in [-0.2, 0) is 4.74 Å². The van der Waals surface area contributed by atoms with E-state index in [1.807, 2.05) is 6.92 Å². The van der Waals surface area contributed by atoms with Crippen LogP contribution in [0.5, 0.6) is 5.75 Å². The number of aromatic nitrogens is 2. The van der Waals surface area contributed by atoms with Gasteiger partial charge < -0.3 is 19.5 Å². The van der Waals surface area contributed by atoms with Gasteiger partial charge in [-0.15, -0.1) is 0 Å². The highest BCUT2D eigenvalue weighted by Gasteiger charge is 2.63. The van der Waals surface area contributed by atoms with Crippen molar-refractivity contribution in [1.82, 2.24) is 14.9 Å². The molecule has 184 valence electrons.